The predicted octanol–water partition coefficient (Wildman–Crippen LogP) is 1.56. The molecule has 1 amide bonds. The Morgan fingerprint density at radius 1 is 1.19 bits per heavy atom. The lowest BCUT2D eigenvalue weighted by atomic mass is 10.0. The summed E-state index contributed by atoms with van der Waals surface area (Å²) in [7, 11) is 0. The molecule has 2 unspecified atom stereocenters. The van der Waals surface area contributed by atoms with E-state index in [4.69, 9.17) is 0 Å². The SMILES string of the molecule is O=C(NCCN1CCCc2ccccc21)C1CC(c2ccccn2)NN1. The van der Waals surface area contributed by atoms with E-state index in [1.54, 1.807) is 6.20 Å². The van der Waals surface area contributed by atoms with Crippen LogP contribution in [0.2, 0.25) is 0 Å². The van der Waals surface area contributed by atoms with Crippen molar-refractivity contribution in [2.45, 2.75) is 31.3 Å². The quantitative estimate of drug-likeness (QED) is 0.763. The molecule has 6 heteroatoms. The van der Waals surface area contributed by atoms with E-state index in [2.05, 4.69) is 50.3 Å². The topological polar surface area (TPSA) is 69.3 Å². The van der Waals surface area contributed by atoms with E-state index in [9.17, 15) is 4.79 Å². The van der Waals surface area contributed by atoms with Crippen molar-refractivity contribution in [3.05, 3.63) is 59.9 Å². The molecule has 2 atom stereocenters. The number of fused-ring (bicyclic) bond motifs is 1. The Kier molecular flexibility index (Phi) is 5.13. The molecule has 6 nitrogen and oxygen atoms in total. The van der Waals surface area contributed by atoms with Gasteiger partial charge in [-0.15, -0.1) is 0 Å². The molecule has 2 aliphatic heterocycles. The monoisotopic (exact) mass is 351 g/mol. The molecule has 1 saturated heterocycles. The van der Waals surface area contributed by atoms with Crippen LogP contribution in [0.5, 0.6) is 0 Å². The van der Waals surface area contributed by atoms with Gasteiger partial charge in [0.25, 0.3) is 0 Å². The Bertz CT molecular complexity index is 751. The molecule has 0 aliphatic carbocycles. The number of aromatic nitrogens is 1. The second-order valence-electron chi connectivity index (χ2n) is 6.89. The Morgan fingerprint density at radius 2 is 2.08 bits per heavy atom. The van der Waals surface area contributed by atoms with Crippen LogP contribution in [0, 0.1) is 0 Å². The molecule has 1 fully saturated rings. The minimum atomic E-state index is -0.226. The molecule has 2 aliphatic rings. The molecule has 2 aromatic rings. The average molecular weight is 351 g/mol. The Labute approximate surface area is 154 Å². The van der Waals surface area contributed by atoms with Gasteiger partial charge in [-0.1, -0.05) is 24.3 Å². The van der Waals surface area contributed by atoms with E-state index in [0.29, 0.717) is 13.0 Å². The van der Waals surface area contributed by atoms with Gasteiger partial charge in [0.2, 0.25) is 5.91 Å². The van der Waals surface area contributed by atoms with Crippen LogP contribution in [0.3, 0.4) is 0 Å². The number of nitrogens with zero attached hydrogens (tertiary/aromatic N) is 2. The van der Waals surface area contributed by atoms with Gasteiger partial charge in [-0.3, -0.25) is 9.78 Å². The molecule has 3 N–H and O–H groups in total. The van der Waals surface area contributed by atoms with Crippen molar-refractivity contribution in [2.75, 3.05) is 24.5 Å². The summed E-state index contributed by atoms with van der Waals surface area (Å²) in [5.74, 6) is 0.0428. The maximum absolute atomic E-state index is 12.5. The summed E-state index contributed by atoms with van der Waals surface area (Å²) in [6.45, 7) is 2.55. The van der Waals surface area contributed by atoms with E-state index in [0.717, 1.165) is 25.2 Å². The fourth-order valence-electron chi connectivity index (χ4n) is 3.79. The summed E-state index contributed by atoms with van der Waals surface area (Å²) >= 11 is 0. The number of anilines is 1. The van der Waals surface area contributed by atoms with Gasteiger partial charge >= 0.3 is 0 Å². The molecule has 3 heterocycles. The molecule has 0 saturated carbocycles. The molecule has 136 valence electrons. The number of carbonyl (C=O) groups is 1. The normalized spacial score (nSPS) is 22.1. The number of amides is 1. The van der Waals surface area contributed by atoms with Crippen LogP contribution in [0.25, 0.3) is 0 Å². The first kappa shape index (κ1) is 17.0. The van der Waals surface area contributed by atoms with Crippen LogP contribution >= 0.6 is 0 Å². The molecule has 1 aromatic carbocycles. The van der Waals surface area contributed by atoms with Crippen molar-refractivity contribution >= 4 is 11.6 Å². The number of benzene rings is 1. The third-order valence-corrected chi connectivity index (χ3v) is 5.15. The second-order valence-corrected chi connectivity index (χ2v) is 6.89. The molecule has 0 spiro atoms. The van der Waals surface area contributed by atoms with Crippen molar-refractivity contribution in [2.24, 2.45) is 0 Å². The van der Waals surface area contributed by atoms with Crippen LogP contribution < -0.4 is 21.1 Å². The van der Waals surface area contributed by atoms with E-state index >= 15 is 0 Å². The number of para-hydroxylation sites is 1. The lowest BCUT2D eigenvalue weighted by Crippen LogP contribution is -2.45. The number of aryl methyl sites for hydroxylation is 1. The van der Waals surface area contributed by atoms with Gasteiger partial charge in [0, 0.05) is 31.5 Å². The highest BCUT2D eigenvalue weighted by atomic mass is 16.2. The molecule has 26 heavy (non-hydrogen) atoms. The smallest absolute Gasteiger partial charge is 0.238 e. The van der Waals surface area contributed by atoms with Gasteiger partial charge in [-0.2, -0.15) is 0 Å². The summed E-state index contributed by atoms with van der Waals surface area (Å²) in [4.78, 5) is 19.2. The van der Waals surface area contributed by atoms with Crippen LogP contribution in [0.1, 0.15) is 30.1 Å². The van der Waals surface area contributed by atoms with Crippen LogP contribution in [-0.2, 0) is 11.2 Å². The van der Waals surface area contributed by atoms with E-state index < -0.39 is 0 Å². The second kappa shape index (κ2) is 7.85. The summed E-state index contributed by atoms with van der Waals surface area (Å²) in [6.07, 6.45) is 4.80. The molecule has 4 rings (SSSR count). The zero-order valence-electron chi connectivity index (χ0n) is 14.8. The highest BCUT2D eigenvalue weighted by Crippen LogP contribution is 2.26. The molecular weight excluding hydrogens is 326 g/mol. The van der Waals surface area contributed by atoms with Crippen molar-refractivity contribution in [1.29, 1.82) is 0 Å². The zero-order valence-corrected chi connectivity index (χ0v) is 14.8. The van der Waals surface area contributed by atoms with Crippen LogP contribution in [-0.4, -0.2) is 36.6 Å². The third kappa shape index (κ3) is 3.71. The fraction of sp³-hybridized carbons (Fsp3) is 0.400. The summed E-state index contributed by atoms with van der Waals surface area (Å²) in [6, 6.07) is 14.2. The van der Waals surface area contributed by atoms with Crippen molar-refractivity contribution < 1.29 is 4.79 Å². The first-order chi connectivity index (χ1) is 12.8. The van der Waals surface area contributed by atoms with Crippen molar-refractivity contribution in [3.8, 4) is 0 Å². The third-order valence-electron chi connectivity index (χ3n) is 5.15. The fourth-order valence-corrected chi connectivity index (χ4v) is 3.79. The van der Waals surface area contributed by atoms with Crippen molar-refractivity contribution in [3.63, 3.8) is 0 Å². The Hall–Kier alpha value is -2.44. The summed E-state index contributed by atoms with van der Waals surface area (Å²) in [5, 5.41) is 3.07. The Balaban J connectivity index is 1.26. The lowest BCUT2D eigenvalue weighted by molar-refractivity contribution is -0.122. The minimum Gasteiger partial charge on any atom is -0.370 e. The van der Waals surface area contributed by atoms with Crippen molar-refractivity contribution in [1.82, 2.24) is 21.2 Å². The first-order valence-corrected chi connectivity index (χ1v) is 9.34. The molecule has 1 aromatic heterocycles. The van der Waals surface area contributed by atoms with Gasteiger partial charge in [-0.25, -0.2) is 10.9 Å². The highest BCUT2D eigenvalue weighted by molar-refractivity contribution is 5.82. The number of nitrogens with one attached hydrogen (secondary N) is 3. The molecular formula is C20H25N5O. The first-order valence-electron chi connectivity index (χ1n) is 9.34. The van der Waals surface area contributed by atoms with Crippen LogP contribution in [0.15, 0.2) is 48.7 Å². The molecule has 0 radical (unpaired) electrons. The Morgan fingerprint density at radius 3 is 2.96 bits per heavy atom. The maximum atomic E-state index is 12.5. The minimum absolute atomic E-state index is 0.0428. The van der Waals surface area contributed by atoms with Gasteiger partial charge in [-0.05, 0) is 43.0 Å². The van der Waals surface area contributed by atoms with Gasteiger partial charge in [0.15, 0.2) is 0 Å². The lowest BCUT2D eigenvalue weighted by Gasteiger charge is -2.31. The standard InChI is InChI=1S/C20H25N5O/c26-20(18-14-17(23-24-18)16-8-3-4-10-21-16)22-11-13-25-12-5-7-15-6-1-2-9-19(15)25/h1-4,6,8-10,17-18,23-24H,5,7,11-14H2,(H,22,26). The predicted molar refractivity (Wildman–Crippen MR) is 102 cm³/mol. The number of hydrazine groups is 1. The number of hydrogen-bond donors (Lipinski definition) is 3. The maximum Gasteiger partial charge on any atom is 0.238 e. The van der Waals surface area contributed by atoms with E-state index in [1.807, 2.05) is 18.2 Å². The van der Waals surface area contributed by atoms with Gasteiger partial charge in [0.1, 0.15) is 6.04 Å². The number of hydrogen-bond acceptors (Lipinski definition) is 5. The number of carbonyl (C=O) groups excluding carboxylic acids is 1. The molecule has 0 bridgehead atoms. The van der Waals surface area contributed by atoms with Gasteiger partial charge in [0.05, 0.1) is 11.7 Å². The highest BCUT2D eigenvalue weighted by Gasteiger charge is 2.30. The zero-order chi connectivity index (χ0) is 17.8. The average Bonchev–Trinajstić information content (AvgIpc) is 3.19. The number of pyridine rings is 1. The summed E-state index contributed by atoms with van der Waals surface area (Å²) < 4.78 is 0. The largest absolute Gasteiger partial charge is 0.370 e. The number of rotatable bonds is 5. The van der Waals surface area contributed by atoms with Gasteiger partial charge < -0.3 is 10.2 Å². The summed E-state index contributed by atoms with van der Waals surface area (Å²) in [5.41, 5.74) is 9.94. The van der Waals surface area contributed by atoms with Crippen LogP contribution in [0.4, 0.5) is 5.69 Å². The van der Waals surface area contributed by atoms with E-state index in [1.165, 1.54) is 17.7 Å². The van der Waals surface area contributed by atoms with E-state index in [-0.39, 0.29) is 18.0 Å².